The number of rotatable bonds is 8. The van der Waals surface area contributed by atoms with Gasteiger partial charge in [0, 0.05) is 0 Å². The quantitative estimate of drug-likeness (QED) is 0.235. The van der Waals surface area contributed by atoms with Gasteiger partial charge in [-0.1, -0.05) is 155 Å². The Morgan fingerprint density at radius 1 is 0.354 bits per heavy atom. The summed E-state index contributed by atoms with van der Waals surface area (Å²) < 4.78 is 0. The van der Waals surface area contributed by atoms with Crippen molar-refractivity contribution in [3.63, 3.8) is 0 Å². The summed E-state index contributed by atoms with van der Waals surface area (Å²) >= 11 is 0. The van der Waals surface area contributed by atoms with Crippen LogP contribution in [-0.2, 0) is 0 Å². The minimum atomic E-state index is 0.537. The van der Waals surface area contributed by atoms with E-state index in [4.69, 9.17) is 0 Å². The van der Waals surface area contributed by atoms with E-state index in [1.165, 1.54) is 147 Å². The summed E-state index contributed by atoms with van der Waals surface area (Å²) in [6.07, 6.45) is 43.9. The molecule has 0 aromatic rings. The highest BCUT2D eigenvalue weighted by atomic mass is 15.1. The van der Waals surface area contributed by atoms with Crippen molar-refractivity contribution in [3.05, 3.63) is 0 Å². The Balaban J connectivity index is 0.000000135. The molecule has 0 bridgehead atoms. The van der Waals surface area contributed by atoms with Gasteiger partial charge in [-0.2, -0.15) is 0 Å². The Morgan fingerprint density at radius 2 is 0.692 bits per heavy atom. The molecule has 7 unspecified atom stereocenters. The fourth-order valence-electron chi connectivity index (χ4n) is 15.7. The van der Waals surface area contributed by atoms with E-state index in [0.717, 1.165) is 57.7 Å². The van der Waals surface area contributed by atoms with Gasteiger partial charge in [0.1, 0.15) is 0 Å². The number of hydrogen-bond acceptors (Lipinski definition) is 1. The van der Waals surface area contributed by atoms with Crippen LogP contribution in [0.4, 0.5) is 0 Å². The maximum Gasteiger partial charge on any atom is -0.00164 e. The van der Waals surface area contributed by atoms with Gasteiger partial charge in [-0.05, 0) is 252 Å². The second-order valence-corrected chi connectivity index (χ2v) is 32.4. The fourth-order valence-corrected chi connectivity index (χ4v) is 15.7. The molecule has 9 saturated carbocycles. The van der Waals surface area contributed by atoms with Crippen molar-refractivity contribution in [1.29, 1.82) is 0 Å². The van der Waals surface area contributed by atoms with Crippen molar-refractivity contribution < 1.29 is 0 Å². The molecule has 1 heterocycles. The van der Waals surface area contributed by atoms with Crippen LogP contribution in [0.5, 0.6) is 0 Å². The topological polar surface area (TPSA) is 3.24 Å². The average Bonchev–Trinajstić information content (AvgIpc) is 4.18. The highest BCUT2D eigenvalue weighted by Gasteiger charge is 2.56. The zero-order chi connectivity index (χ0) is 47.7. The van der Waals surface area contributed by atoms with E-state index in [9.17, 15) is 0 Å². The van der Waals surface area contributed by atoms with Crippen LogP contribution in [0.1, 0.15) is 290 Å². The molecular weight excluding hydrogens is 783 g/mol. The zero-order valence-corrected chi connectivity index (χ0v) is 47.6. The predicted octanol–water partition coefficient (Wildman–Crippen LogP) is 20.0. The smallest absolute Gasteiger partial charge is 0.00164 e. The summed E-state index contributed by atoms with van der Waals surface area (Å²) in [5.41, 5.74) is 5.32. The van der Waals surface area contributed by atoms with Crippen LogP contribution >= 0.6 is 0 Å². The van der Waals surface area contributed by atoms with E-state index in [0.29, 0.717) is 27.1 Å². The Kier molecular flexibility index (Phi) is 17.8. The molecule has 0 N–H and O–H groups in total. The predicted molar refractivity (Wildman–Crippen MR) is 287 cm³/mol. The van der Waals surface area contributed by atoms with E-state index >= 15 is 0 Å². The molecule has 0 aromatic heterocycles. The molecule has 0 radical (unpaired) electrons. The molecule has 1 aliphatic heterocycles. The van der Waals surface area contributed by atoms with Crippen molar-refractivity contribution in [1.82, 2.24) is 4.90 Å². The summed E-state index contributed by atoms with van der Waals surface area (Å²) in [5.74, 6) is 10.2. The Hall–Kier alpha value is -0.0400. The summed E-state index contributed by atoms with van der Waals surface area (Å²) in [6.45, 7) is 38.3. The molecule has 3 spiro atoms. The first-order valence-electron chi connectivity index (χ1n) is 29.8. The maximum absolute atomic E-state index is 2.49. The third kappa shape index (κ3) is 17.4. The lowest BCUT2D eigenvalue weighted by Crippen LogP contribution is -2.32. The lowest BCUT2D eigenvalue weighted by Gasteiger charge is -2.30. The number of hydrogen-bond donors (Lipinski definition) is 0. The van der Waals surface area contributed by atoms with Crippen LogP contribution < -0.4 is 0 Å². The molecule has 10 aliphatic rings. The van der Waals surface area contributed by atoms with Crippen LogP contribution in [0.2, 0.25) is 0 Å². The molecule has 65 heavy (non-hydrogen) atoms. The molecule has 0 amide bonds. The SMILES string of the molecule is CC(C)(C)CC1C2CCCC21.CC(C)(C)CC1CC12CCCCC2.CC(C)(C)CCC1C2CCCC21.CC(C)(C)CCC1CC12CCCCC2.CN1CCC2(CC1)CC2CCC(C)(C)C. The van der Waals surface area contributed by atoms with Gasteiger partial charge in [-0.15, -0.1) is 0 Å². The summed E-state index contributed by atoms with van der Waals surface area (Å²) in [5, 5.41) is 0. The number of nitrogens with zero attached hydrogens (tertiary/aromatic N) is 1. The summed E-state index contributed by atoms with van der Waals surface area (Å²) in [6, 6.07) is 0. The van der Waals surface area contributed by atoms with Crippen molar-refractivity contribution in [3.8, 4) is 0 Å². The van der Waals surface area contributed by atoms with E-state index in [2.05, 4.69) is 116 Å². The van der Waals surface area contributed by atoms with Gasteiger partial charge in [0.15, 0.2) is 0 Å². The monoisotopic (exact) mass is 902 g/mol. The maximum atomic E-state index is 2.49. The summed E-state index contributed by atoms with van der Waals surface area (Å²) in [4.78, 5) is 2.49. The van der Waals surface area contributed by atoms with Gasteiger partial charge in [0.25, 0.3) is 0 Å². The second kappa shape index (κ2) is 21.4. The van der Waals surface area contributed by atoms with Gasteiger partial charge in [0.05, 0.1) is 0 Å². The van der Waals surface area contributed by atoms with Crippen LogP contribution in [-0.4, -0.2) is 25.0 Å². The van der Waals surface area contributed by atoms with Crippen LogP contribution in [0.25, 0.3) is 0 Å². The highest BCUT2D eigenvalue weighted by Crippen LogP contribution is 2.66. The lowest BCUT2D eigenvalue weighted by atomic mass is 9.80. The molecule has 1 nitrogen and oxygen atoms in total. The fraction of sp³-hybridized carbons (Fsp3) is 1.00. The van der Waals surface area contributed by atoms with Crippen molar-refractivity contribution in [2.75, 3.05) is 20.1 Å². The third-order valence-corrected chi connectivity index (χ3v) is 20.3. The van der Waals surface area contributed by atoms with Crippen molar-refractivity contribution in [2.24, 2.45) is 96.6 Å². The number of likely N-dealkylation sites (tertiary alicyclic amines) is 1. The number of piperidine rings is 1. The first-order chi connectivity index (χ1) is 30.1. The molecular formula is C64H119N. The Morgan fingerprint density at radius 3 is 1.08 bits per heavy atom. The molecule has 380 valence electrons. The van der Waals surface area contributed by atoms with Gasteiger partial charge in [-0.3, -0.25) is 0 Å². The first kappa shape index (κ1) is 54.3. The van der Waals surface area contributed by atoms with Crippen molar-refractivity contribution in [2.45, 2.75) is 290 Å². The minimum Gasteiger partial charge on any atom is -0.306 e. The zero-order valence-electron chi connectivity index (χ0n) is 47.6. The second-order valence-electron chi connectivity index (χ2n) is 32.4. The van der Waals surface area contributed by atoms with Crippen LogP contribution in [0.15, 0.2) is 0 Å². The van der Waals surface area contributed by atoms with Gasteiger partial charge < -0.3 is 4.90 Å². The first-order valence-corrected chi connectivity index (χ1v) is 29.8. The average molecular weight is 903 g/mol. The van der Waals surface area contributed by atoms with E-state index in [1.54, 1.807) is 64.2 Å². The highest BCUT2D eigenvalue weighted by molar-refractivity contribution is 5.06. The molecule has 1 saturated heterocycles. The lowest BCUT2D eigenvalue weighted by molar-refractivity contribution is 0.187. The van der Waals surface area contributed by atoms with Crippen molar-refractivity contribution >= 4 is 0 Å². The van der Waals surface area contributed by atoms with Crippen LogP contribution in [0, 0.1) is 96.6 Å². The van der Waals surface area contributed by atoms with E-state index < -0.39 is 0 Å². The third-order valence-electron chi connectivity index (χ3n) is 20.3. The minimum absolute atomic E-state index is 0.537. The number of fused-ring (bicyclic) bond motifs is 2. The molecule has 1 heteroatoms. The molecule has 9 aliphatic carbocycles. The Bertz CT molecular complexity index is 1390. The standard InChI is InChI=1S/C14H27N.C14H26.C13H24.C12H22.C11H20/c1-13(2,3)6-5-12-11-14(12)7-9-15(4)10-8-14;1-13(2,3)10-7-12-11-14(12)8-5-4-6-9-14;1-12(2,3)9-11-10-13(11)7-5-4-6-8-13;1-12(2,3)8-7-11-9-5-4-6-10(9)11;1-11(2,3)7-10-8-5-4-6-9(8)10/h12H,5-11H2,1-4H3;12H,4-11H2,1-3H3;11H,4-10H2,1-3H3;9-11H,4-8H2,1-3H3;8-10H,4-7H2,1-3H3. The molecule has 7 atom stereocenters. The molecule has 10 rings (SSSR count). The largest absolute Gasteiger partial charge is 0.306 e. The normalized spacial score (nSPS) is 34.6. The van der Waals surface area contributed by atoms with Gasteiger partial charge >= 0.3 is 0 Å². The van der Waals surface area contributed by atoms with Gasteiger partial charge in [-0.25, -0.2) is 0 Å². The van der Waals surface area contributed by atoms with E-state index in [1.807, 2.05) is 0 Å². The molecule has 10 fully saturated rings. The Labute approximate surface area is 409 Å². The van der Waals surface area contributed by atoms with E-state index in [-0.39, 0.29) is 0 Å². The molecule has 0 aromatic carbocycles. The van der Waals surface area contributed by atoms with Crippen LogP contribution in [0.3, 0.4) is 0 Å². The van der Waals surface area contributed by atoms with Gasteiger partial charge in [0.2, 0.25) is 0 Å². The summed E-state index contributed by atoms with van der Waals surface area (Å²) in [7, 11) is 2.26.